The van der Waals surface area contributed by atoms with Gasteiger partial charge in [-0.3, -0.25) is 0 Å². The van der Waals surface area contributed by atoms with Crippen LogP contribution in [-0.4, -0.2) is 4.83 Å². The summed E-state index contributed by atoms with van der Waals surface area (Å²) in [6.45, 7) is 2.15. The van der Waals surface area contributed by atoms with Crippen molar-refractivity contribution in [3.05, 3.63) is 47.4 Å². The Kier molecular flexibility index (Phi) is 2.05. The van der Waals surface area contributed by atoms with Crippen LogP contribution in [0.3, 0.4) is 0 Å². The van der Waals surface area contributed by atoms with Gasteiger partial charge in [-0.1, -0.05) is 59.3 Å². The molecular weight excluding hydrogens is 212 g/mol. The first-order valence-electron chi connectivity index (χ1n) is 4.07. The topological polar surface area (TPSA) is 0 Å². The fourth-order valence-corrected chi connectivity index (χ4v) is 1.92. The minimum atomic E-state index is 0.442. The third-order valence-electron chi connectivity index (χ3n) is 2.14. The molecule has 12 heavy (non-hydrogen) atoms. The zero-order valence-electron chi connectivity index (χ0n) is 6.92. The standard InChI is InChI=1S/C11H10Br/c1-8(12)10-7-6-9-4-2-3-5-11(9)10/h2-8H,1H3. The van der Waals surface area contributed by atoms with Crippen molar-refractivity contribution >= 4 is 22.0 Å². The van der Waals surface area contributed by atoms with Crippen molar-refractivity contribution in [1.29, 1.82) is 0 Å². The molecule has 0 heterocycles. The maximum atomic E-state index is 3.58. The second kappa shape index (κ2) is 3.06. The Hall–Kier alpha value is -0.560. The van der Waals surface area contributed by atoms with E-state index < -0.39 is 0 Å². The van der Waals surface area contributed by atoms with Gasteiger partial charge in [-0.2, -0.15) is 0 Å². The number of alkyl halides is 1. The lowest BCUT2D eigenvalue weighted by Crippen LogP contribution is -2.04. The zero-order chi connectivity index (χ0) is 8.55. The molecule has 1 aromatic carbocycles. The molecule has 1 aliphatic carbocycles. The summed E-state index contributed by atoms with van der Waals surface area (Å²) in [6.07, 6.45) is 4.35. The van der Waals surface area contributed by atoms with E-state index in [1.165, 1.54) is 17.0 Å². The van der Waals surface area contributed by atoms with Crippen LogP contribution in [0.25, 0.3) is 6.08 Å². The number of benzene rings is 1. The van der Waals surface area contributed by atoms with Crippen LogP contribution in [0.5, 0.6) is 0 Å². The number of halogens is 1. The Bertz CT molecular complexity index is 313. The Morgan fingerprint density at radius 2 is 1.92 bits per heavy atom. The summed E-state index contributed by atoms with van der Waals surface area (Å²) in [4.78, 5) is 0.442. The first kappa shape index (κ1) is 8.06. The van der Waals surface area contributed by atoms with E-state index in [-0.39, 0.29) is 0 Å². The quantitative estimate of drug-likeness (QED) is 0.638. The van der Waals surface area contributed by atoms with E-state index in [4.69, 9.17) is 0 Å². The minimum Gasteiger partial charge on any atom is -0.0880 e. The molecule has 1 aromatic rings. The van der Waals surface area contributed by atoms with Gasteiger partial charge in [0, 0.05) is 10.7 Å². The van der Waals surface area contributed by atoms with Crippen molar-refractivity contribution in [1.82, 2.24) is 0 Å². The predicted octanol–water partition coefficient (Wildman–Crippen LogP) is 3.42. The fourth-order valence-electron chi connectivity index (χ4n) is 1.52. The number of hydrogen-bond donors (Lipinski definition) is 0. The van der Waals surface area contributed by atoms with Crippen LogP contribution < -0.4 is 0 Å². The van der Waals surface area contributed by atoms with Gasteiger partial charge in [-0.15, -0.1) is 0 Å². The molecule has 0 aliphatic heterocycles. The highest BCUT2D eigenvalue weighted by molar-refractivity contribution is 9.09. The molecule has 0 fully saturated rings. The van der Waals surface area contributed by atoms with Crippen molar-refractivity contribution in [2.75, 3.05) is 0 Å². The highest BCUT2D eigenvalue weighted by Crippen LogP contribution is 2.33. The molecule has 0 spiro atoms. The van der Waals surface area contributed by atoms with Crippen molar-refractivity contribution < 1.29 is 0 Å². The van der Waals surface area contributed by atoms with Crippen molar-refractivity contribution in [2.24, 2.45) is 0 Å². The molecule has 0 aromatic heterocycles. The molecule has 61 valence electrons. The van der Waals surface area contributed by atoms with Gasteiger partial charge >= 0.3 is 0 Å². The maximum absolute atomic E-state index is 3.58. The van der Waals surface area contributed by atoms with Crippen LogP contribution >= 0.6 is 15.9 Å². The van der Waals surface area contributed by atoms with Gasteiger partial charge in [0.05, 0.1) is 0 Å². The summed E-state index contributed by atoms with van der Waals surface area (Å²) in [7, 11) is 0. The van der Waals surface area contributed by atoms with E-state index in [1.807, 2.05) is 0 Å². The van der Waals surface area contributed by atoms with Gasteiger partial charge < -0.3 is 0 Å². The van der Waals surface area contributed by atoms with Crippen LogP contribution in [0.2, 0.25) is 0 Å². The van der Waals surface area contributed by atoms with Gasteiger partial charge in [0.1, 0.15) is 0 Å². The molecule has 1 unspecified atom stereocenters. The normalized spacial score (nSPS) is 17.8. The third-order valence-corrected chi connectivity index (χ3v) is 2.64. The highest BCUT2D eigenvalue weighted by Gasteiger charge is 2.20. The molecule has 1 aliphatic rings. The second-order valence-electron chi connectivity index (χ2n) is 2.99. The molecule has 0 bridgehead atoms. The molecule has 1 radical (unpaired) electrons. The van der Waals surface area contributed by atoms with Crippen LogP contribution in [0.15, 0.2) is 30.3 Å². The predicted molar refractivity (Wildman–Crippen MR) is 56.2 cm³/mol. The van der Waals surface area contributed by atoms with Crippen LogP contribution in [-0.2, 0) is 0 Å². The van der Waals surface area contributed by atoms with Gasteiger partial charge in [-0.05, 0) is 11.1 Å². The molecule has 0 saturated heterocycles. The SMILES string of the molecule is CC(Br)[C]1C=Cc2ccccc21. The number of rotatable bonds is 1. The van der Waals surface area contributed by atoms with Crippen LogP contribution in [0, 0.1) is 5.92 Å². The summed E-state index contributed by atoms with van der Waals surface area (Å²) in [5, 5.41) is 0. The minimum absolute atomic E-state index is 0.442. The second-order valence-corrected chi connectivity index (χ2v) is 4.37. The van der Waals surface area contributed by atoms with E-state index >= 15 is 0 Å². The average Bonchev–Trinajstić information content (AvgIpc) is 2.47. The summed E-state index contributed by atoms with van der Waals surface area (Å²) in [5.41, 5.74) is 2.70. The Morgan fingerprint density at radius 1 is 1.17 bits per heavy atom. The van der Waals surface area contributed by atoms with Crippen molar-refractivity contribution in [3.63, 3.8) is 0 Å². The molecular formula is C11H10Br. The lowest BCUT2D eigenvalue weighted by molar-refractivity contribution is 1.07. The van der Waals surface area contributed by atoms with E-state index in [9.17, 15) is 0 Å². The third kappa shape index (κ3) is 1.22. The van der Waals surface area contributed by atoms with E-state index in [1.54, 1.807) is 0 Å². The summed E-state index contributed by atoms with van der Waals surface area (Å²) in [6, 6.07) is 8.48. The maximum Gasteiger partial charge on any atom is 0.0406 e. The number of hydrogen-bond acceptors (Lipinski definition) is 0. The van der Waals surface area contributed by atoms with Gasteiger partial charge in [-0.25, -0.2) is 0 Å². The van der Waals surface area contributed by atoms with E-state index in [0.717, 1.165) is 0 Å². The molecule has 0 nitrogen and oxygen atoms in total. The van der Waals surface area contributed by atoms with Gasteiger partial charge in [0.2, 0.25) is 0 Å². The fraction of sp³-hybridized carbons (Fsp3) is 0.182. The number of allylic oxidation sites excluding steroid dienone is 1. The first-order valence-corrected chi connectivity index (χ1v) is 4.99. The lowest BCUT2D eigenvalue weighted by atomic mass is 9.99. The molecule has 0 saturated carbocycles. The van der Waals surface area contributed by atoms with E-state index in [2.05, 4.69) is 59.3 Å². The average molecular weight is 222 g/mol. The Morgan fingerprint density at radius 3 is 2.67 bits per heavy atom. The van der Waals surface area contributed by atoms with Crippen molar-refractivity contribution in [3.8, 4) is 0 Å². The highest BCUT2D eigenvalue weighted by atomic mass is 79.9. The Labute approximate surface area is 81.4 Å². The summed E-state index contributed by atoms with van der Waals surface area (Å²) in [5.74, 6) is 1.38. The summed E-state index contributed by atoms with van der Waals surface area (Å²) < 4.78 is 0. The first-order chi connectivity index (χ1) is 5.79. The molecule has 0 amide bonds. The van der Waals surface area contributed by atoms with E-state index in [0.29, 0.717) is 4.83 Å². The van der Waals surface area contributed by atoms with Gasteiger partial charge in [0.15, 0.2) is 0 Å². The largest absolute Gasteiger partial charge is 0.0880 e. The molecule has 1 atom stereocenters. The van der Waals surface area contributed by atoms with Crippen LogP contribution in [0.4, 0.5) is 0 Å². The molecule has 1 heteroatoms. The molecule has 0 N–H and O–H groups in total. The monoisotopic (exact) mass is 221 g/mol. The van der Waals surface area contributed by atoms with Crippen LogP contribution in [0.1, 0.15) is 18.1 Å². The summed E-state index contributed by atoms with van der Waals surface area (Å²) >= 11 is 3.58. The van der Waals surface area contributed by atoms with Gasteiger partial charge in [0.25, 0.3) is 0 Å². The molecule has 2 rings (SSSR count). The van der Waals surface area contributed by atoms with Crippen molar-refractivity contribution in [2.45, 2.75) is 11.8 Å². The Balaban J connectivity index is 2.42. The number of fused-ring (bicyclic) bond motifs is 1. The lowest BCUT2D eigenvalue weighted by Gasteiger charge is -2.11. The smallest absolute Gasteiger partial charge is 0.0406 e. The zero-order valence-corrected chi connectivity index (χ0v) is 8.51.